The first kappa shape index (κ1) is 11.5. The SMILES string of the molecule is COC(=O)[C@@H]1C[C@@]2(O)c3ccccc3N(C)[C@H]2N1. The number of para-hydroxylation sites is 1. The molecule has 3 rings (SSSR count). The van der Waals surface area contributed by atoms with E-state index in [1.807, 2.05) is 36.2 Å². The Kier molecular flexibility index (Phi) is 2.36. The first-order valence-corrected chi connectivity index (χ1v) is 5.96. The number of methoxy groups -OCH3 is 1. The van der Waals surface area contributed by atoms with Gasteiger partial charge < -0.3 is 14.7 Å². The highest BCUT2D eigenvalue weighted by Crippen LogP contribution is 2.47. The molecule has 5 heteroatoms. The highest BCUT2D eigenvalue weighted by Gasteiger charge is 2.56. The van der Waals surface area contributed by atoms with Crippen LogP contribution in [0.4, 0.5) is 5.69 Å². The van der Waals surface area contributed by atoms with Crippen LogP contribution < -0.4 is 10.2 Å². The van der Waals surface area contributed by atoms with Gasteiger partial charge in [-0.05, 0) is 6.07 Å². The van der Waals surface area contributed by atoms with E-state index in [2.05, 4.69) is 5.32 Å². The molecule has 0 saturated carbocycles. The van der Waals surface area contributed by atoms with Crippen LogP contribution in [-0.2, 0) is 15.1 Å². The van der Waals surface area contributed by atoms with Crippen LogP contribution in [0.25, 0.3) is 0 Å². The van der Waals surface area contributed by atoms with E-state index in [0.717, 1.165) is 11.3 Å². The second-order valence-corrected chi connectivity index (χ2v) is 4.90. The summed E-state index contributed by atoms with van der Waals surface area (Å²) < 4.78 is 4.74. The largest absolute Gasteiger partial charge is 0.468 e. The maximum absolute atomic E-state index is 11.6. The number of hydrogen-bond donors (Lipinski definition) is 2. The Bertz CT molecular complexity index is 505. The molecule has 2 aliphatic rings. The lowest BCUT2D eigenvalue weighted by Crippen LogP contribution is -2.48. The minimum Gasteiger partial charge on any atom is -0.468 e. The molecule has 5 nitrogen and oxygen atoms in total. The summed E-state index contributed by atoms with van der Waals surface area (Å²) in [4.78, 5) is 13.6. The second kappa shape index (κ2) is 3.70. The minimum absolute atomic E-state index is 0.279. The first-order chi connectivity index (χ1) is 8.58. The quantitative estimate of drug-likeness (QED) is 0.694. The molecule has 0 bridgehead atoms. The van der Waals surface area contributed by atoms with E-state index in [1.54, 1.807) is 0 Å². The third-order valence-corrected chi connectivity index (χ3v) is 3.95. The summed E-state index contributed by atoms with van der Waals surface area (Å²) in [5, 5.41) is 14.0. The lowest BCUT2D eigenvalue weighted by Gasteiger charge is -2.26. The van der Waals surface area contributed by atoms with Gasteiger partial charge in [0.05, 0.1) is 7.11 Å². The molecule has 0 amide bonds. The van der Waals surface area contributed by atoms with Crippen molar-refractivity contribution in [2.75, 3.05) is 19.1 Å². The molecule has 18 heavy (non-hydrogen) atoms. The molecule has 1 aromatic rings. The molecule has 2 aliphatic heterocycles. The fourth-order valence-electron chi connectivity index (χ4n) is 3.08. The summed E-state index contributed by atoms with van der Waals surface area (Å²) >= 11 is 0. The van der Waals surface area contributed by atoms with Gasteiger partial charge in [-0.3, -0.25) is 10.1 Å². The molecule has 1 saturated heterocycles. The lowest BCUT2D eigenvalue weighted by atomic mass is 9.91. The molecule has 2 heterocycles. The standard InChI is InChI=1S/C13H16N2O3/c1-15-10-6-4-3-5-8(10)13(17)7-9(11(16)18-2)14-12(13)15/h3-6,9,12,14,17H,7H2,1-2H3/t9-,12+,13+/m0/s1. The van der Waals surface area contributed by atoms with Gasteiger partial charge in [0, 0.05) is 24.7 Å². The van der Waals surface area contributed by atoms with Crippen molar-refractivity contribution in [3.05, 3.63) is 29.8 Å². The average molecular weight is 248 g/mol. The Hall–Kier alpha value is -1.59. The molecule has 0 unspecified atom stereocenters. The predicted molar refractivity (Wildman–Crippen MR) is 66.1 cm³/mol. The minimum atomic E-state index is -1.02. The number of carbonyl (C=O) groups is 1. The molecule has 96 valence electrons. The molecule has 0 radical (unpaired) electrons. The number of hydrogen-bond acceptors (Lipinski definition) is 5. The van der Waals surface area contributed by atoms with Crippen LogP contribution in [0, 0.1) is 0 Å². The molecule has 0 aromatic heterocycles. The summed E-state index contributed by atoms with van der Waals surface area (Å²) in [5.41, 5.74) is 0.849. The lowest BCUT2D eigenvalue weighted by molar-refractivity contribution is -0.143. The molecule has 3 atom stereocenters. The fraction of sp³-hybridized carbons (Fsp3) is 0.462. The molecule has 2 N–H and O–H groups in total. The van der Waals surface area contributed by atoms with Crippen LogP contribution in [0.1, 0.15) is 12.0 Å². The number of nitrogens with one attached hydrogen (secondary N) is 1. The van der Waals surface area contributed by atoms with Crippen LogP contribution >= 0.6 is 0 Å². The monoisotopic (exact) mass is 248 g/mol. The smallest absolute Gasteiger partial charge is 0.323 e. The number of ether oxygens (including phenoxy) is 1. The summed E-state index contributed by atoms with van der Waals surface area (Å²) in [7, 11) is 3.27. The molecule has 0 aliphatic carbocycles. The van der Waals surface area contributed by atoms with Gasteiger partial charge >= 0.3 is 5.97 Å². The van der Waals surface area contributed by atoms with Crippen LogP contribution in [0.5, 0.6) is 0 Å². The van der Waals surface area contributed by atoms with Crippen molar-refractivity contribution in [1.82, 2.24) is 5.32 Å². The van der Waals surface area contributed by atoms with E-state index in [-0.39, 0.29) is 12.1 Å². The van der Waals surface area contributed by atoms with Crippen molar-refractivity contribution in [3.63, 3.8) is 0 Å². The normalized spacial score (nSPS) is 33.2. The number of fused-ring (bicyclic) bond motifs is 3. The number of benzene rings is 1. The van der Waals surface area contributed by atoms with Gasteiger partial charge in [-0.15, -0.1) is 0 Å². The Labute approximate surface area is 105 Å². The van der Waals surface area contributed by atoms with Gasteiger partial charge in [0.25, 0.3) is 0 Å². The van der Waals surface area contributed by atoms with Crippen molar-refractivity contribution in [2.24, 2.45) is 0 Å². The number of carbonyl (C=O) groups excluding carboxylic acids is 1. The predicted octanol–water partition coefficient (Wildman–Crippen LogP) is 0.185. The highest BCUT2D eigenvalue weighted by atomic mass is 16.5. The van der Waals surface area contributed by atoms with E-state index in [0.29, 0.717) is 6.42 Å². The van der Waals surface area contributed by atoms with Gasteiger partial charge in [0.15, 0.2) is 0 Å². The summed E-state index contributed by atoms with van der Waals surface area (Å²) in [6.07, 6.45) is 0.0603. The maximum Gasteiger partial charge on any atom is 0.323 e. The van der Waals surface area contributed by atoms with Crippen LogP contribution in [0.15, 0.2) is 24.3 Å². The molecule has 0 spiro atoms. The van der Waals surface area contributed by atoms with E-state index >= 15 is 0 Å². The Balaban J connectivity index is 2.00. The average Bonchev–Trinajstić information content (AvgIpc) is 2.84. The van der Waals surface area contributed by atoms with Crippen LogP contribution in [0.3, 0.4) is 0 Å². The van der Waals surface area contributed by atoms with Crippen molar-refractivity contribution in [2.45, 2.75) is 24.2 Å². The summed E-state index contributed by atoms with van der Waals surface area (Å²) in [5.74, 6) is -0.330. The Morgan fingerprint density at radius 1 is 1.56 bits per heavy atom. The second-order valence-electron chi connectivity index (χ2n) is 4.90. The van der Waals surface area contributed by atoms with E-state index in [4.69, 9.17) is 4.74 Å². The van der Waals surface area contributed by atoms with Crippen molar-refractivity contribution in [1.29, 1.82) is 0 Å². The number of nitrogens with zero attached hydrogens (tertiary/aromatic N) is 1. The van der Waals surface area contributed by atoms with E-state index in [1.165, 1.54) is 7.11 Å². The molecule has 1 aromatic carbocycles. The Morgan fingerprint density at radius 3 is 3.00 bits per heavy atom. The van der Waals surface area contributed by atoms with Gasteiger partial charge in [-0.1, -0.05) is 18.2 Å². The molecule has 1 fully saturated rings. The zero-order valence-electron chi connectivity index (χ0n) is 10.4. The Morgan fingerprint density at radius 2 is 2.28 bits per heavy atom. The number of rotatable bonds is 1. The zero-order valence-corrected chi connectivity index (χ0v) is 10.4. The summed E-state index contributed by atoms with van der Waals surface area (Å²) in [6.45, 7) is 0. The highest BCUT2D eigenvalue weighted by molar-refractivity contribution is 5.78. The van der Waals surface area contributed by atoms with Crippen molar-refractivity contribution >= 4 is 11.7 Å². The van der Waals surface area contributed by atoms with Gasteiger partial charge in [-0.25, -0.2) is 0 Å². The third-order valence-electron chi connectivity index (χ3n) is 3.95. The number of esters is 1. The van der Waals surface area contributed by atoms with Crippen molar-refractivity contribution < 1.29 is 14.6 Å². The molecular weight excluding hydrogens is 232 g/mol. The van der Waals surface area contributed by atoms with Gasteiger partial charge in [0.2, 0.25) is 0 Å². The number of likely N-dealkylation sites (N-methyl/N-ethyl adjacent to an activating group) is 1. The number of anilines is 1. The topological polar surface area (TPSA) is 61.8 Å². The van der Waals surface area contributed by atoms with Gasteiger partial charge in [0.1, 0.15) is 17.8 Å². The first-order valence-electron chi connectivity index (χ1n) is 5.96. The van der Waals surface area contributed by atoms with E-state index < -0.39 is 11.6 Å². The zero-order chi connectivity index (χ0) is 12.9. The van der Waals surface area contributed by atoms with Crippen molar-refractivity contribution in [3.8, 4) is 0 Å². The molecular formula is C13H16N2O3. The fourth-order valence-corrected chi connectivity index (χ4v) is 3.08. The maximum atomic E-state index is 11.6. The number of aliphatic hydroxyl groups is 1. The van der Waals surface area contributed by atoms with Crippen LogP contribution in [-0.4, -0.2) is 37.4 Å². The van der Waals surface area contributed by atoms with E-state index in [9.17, 15) is 9.90 Å². The summed E-state index contributed by atoms with van der Waals surface area (Å²) in [6, 6.07) is 7.27. The van der Waals surface area contributed by atoms with Crippen LogP contribution in [0.2, 0.25) is 0 Å². The van der Waals surface area contributed by atoms with Gasteiger partial charge in [-0.2, -0.15) is 0 Å². The third kappa shape index (κ3) is 1.31.